The fraction of sp³-hybridized carbons (Fsp3) is 0.381. The van der Waals surface area contributed by atoms with Crippen LogP contribution in [0, 0.1) is 0 Å². The van der Waals surface area contributed by atoms with E-state index in [0.29, 0.717) is 6.42 Å². The van der Waals surface area contributed by atoms with Gasteiger partial charge in [-0.1, -0.05) is 41.6 Å². The molecule has 2 aromatic carbocycles. The van der Waals surface area contributed by atoms with Crippen LogP contribution in [0.5, 0.6) is 0 Å². The van der Waals surface area contributed by atoms with Gasteiger partial charge in [0.2, 0.25) is 0 Å². The lowest BCUT2D eigenvalue weighted by Crippen LogP contribution is -2.14. The highest BCUT2D eigenvalue weighted by Crippen LogP contribution is 2.31. The number of nitrogens with zero attached hydrogens (tertiary/aromatic N) is 1. The molecule has 5 heteroatoms. The first kappa shape index (κ1) is 22.7. The fourth-order valence-electron chi connectivity index (χ4n) is 2.23. The van der Waals surface area contributed by atoms with E-state index >= 15 is 0 Å². The van der Waals surface area contributed by atoms with Gasteiger partial charge in [0.1, 0.15) is 6.29 Å². The van der Waals surface area contributed by atoms with Crippen LogP contribution in [0.2, 0.25) is 5.02 Å². The maximum absolute atomic E-state index is 10.5. The van der Waals surface area contributed by atoms with Gasteiger partial charge in [-0.05, 0) is 82.3 Å². The van der Waals surface area contributed by atoms with E-state index in [4.69, 9.17) is 17.3 Å². The summed E-state index contributed by atoms with van der Waals surface area (Å²) in [5.41, 5.74) is 6.51. The zero-order chi connectivity index (χ0) is 19.2. The summed E-state index contributed by atoms with van der Waals surface area (Å²) in [4.78, 5) is 15.0. The highest BCUT2D eigenvalue weighted by molar-refractivity contribution is 7.99. The Bertz CT molecular complexity index is 632. The first-order valence-corrected chi connectivity index (χ1v) is 10.1. The lowest BCUT2D eigenvalue weighted by molar-refractivity contribution is -0.107. The van der Waals surface area contributed by atoms with Gasteiger partial charge in [0.05, 0.1) is 0 Å². The highest BCUT2D eigenvalue weighted by Gasteiger charge is 2.03. The van der Waals surface area contributed by atoms with Crippen LogP contribution in [0.4, 0.5) is 0 Å². The molecule has 0 bridgehead atoms. The van der Waals surface area contributed by atoms with E-state index in [1.807, 2.05) is 36.4 Å². The summed E-state index contributed by atoms with van der Waals surface area (Å²) in [6.07, 6.45) is 4.70. The molecule has 0 atom stereocenters. The molecule has 0 saturated heterocycles. The van der Waals surface area contributed by atoms with Crippen LogP contribution in [-0.4, -0.2) is 38.4 Å². The van der Waals surface area contributed by atoms with Gasteiger partial charge in [0.15, 0.2) is 0 Å². The van der Waals surface area contributed by atoms with Crippen molar-refractivity contribution in [3.05, 3.63) is 59.1 Å². The number of nitrogens with two attached hydrogens (primary N) is 1. The normalized spacial score (nSPS) is 10.3. The second-order valence-electron chi connectivity index (χ2n) is 6.17. The Balaban J connectivity index is 0.000000359. The number of hydrogen-bond donors (Lipinski definition) is 1. The lowest BCUT2D eigenvalue weighted by Gasteiger charge is -2.07. The van der Waals surface area contributed by atoms with Gasteiger partial charge in [-0.3, -0.25) is 0 Å². The van der Waals surface area contributed by atoms with E-state index < -0.39 is 0 Å². The molecule has 0 saturated carbocycles. The number of hydrogen-bond acceptors (Lipinski definition) is 4. The largest absolute Gasteiger partial charge is 0.330 e. The van der Waals surface area contributed by atoms with Crippen molar-refractivity contribution in [1.82, 2.24) is 4.90 Å². The number of halogens is 1. The molecule has 0 radical (unpaired) electrons. The second-order valence-corrected chi connectivity index (χ2v) is 7.72. The maximum atomic E-state index is 10.5. The molecule has 26 heavy (non-hydrogen) atoms. The summed E-state index contributed by atoms with van der Waals surface area (Å²) in [5, 5.41) is 0.744. The van der Waals surface area contributed by atoms with Gasteiger partial charge in [-0.15, -0.1) is 0 Å². The molecule has 0 aliphatic heterocycles. The van der Waals surface area contributed by atoms with Crippen molar-refractivity contribution in [3.8, 4) is 0 Å². The minimum absolute atomic E-state index is 0.568. The van der Waals surface area contributed by atoms with Crippen molar-refractivity contribution < 1.29 is 4.79 Å². The number of aldehydes is 1. The Morgan fingerprint density at radius 2 is 1.77 bits per heavy atom. The minimum Gasteiger partial charge on any atom is -0.330 e. The Morgan fingerprint density at radius 1 is 1.08 bits per heavy atom. The van der Waals surface area contributed by atoms with Crippen LogP contribution in [0.25, 0.3) is 0 Å². The van der Waals surface area contributed by atoms with Crippen LogP contribution in [-0.2, 0) is 11.2 Å². The molecule has 0 spiro atoms. The van der Waals surface area contributed by atoms with Gasteiger partial charge in [0.25, 0.3) is 0 Å². The number of carbonyl (C=O) groups is 1. The number of unbranched alkanes of at least 4 members (excludes halogenated alkanes) is 1. The second kappa shape index (κ2) is 13.8. The molecule has 3 nitrogen and oxygen atoms in total. The molecule has 0 aliphatic rings. The minimum atomic E-state index is 0.568. The first-order valence-electron chi connectivity index (χ1n) is 8.86. The Morgan fingerprint density at radius 3 is 2.38 bits per heavy atom. The molecule has 0 fully saturated rings. The standard InChI is InChI=1S/C15H13ClOS.C6H16N2/c16-13-7-9-14(10-8-13)18-15-6-2-1-4-12(15)5-3-11-17;1-8(2)6-4-3-5-7/h1-2,4,6-11H,3,5H2;3-7H2,1-2H3. The predicted octanol–water partition coefficient (Wildman–Crippen LogP) is 4.91. The Labute approximate surface area is 166 Å². The molecule has 0 aromatic heterocycles. The van der Waals surface area contributed by atoms with E-state index in [1.165, 1.54) is 16.9 Å². The third-order valence-corrected chi connectivity index (χ3v) is 4.98. The predicted molar refractivity (Wildman–Crippen MR) is 113 cm³/mol. The molecular weight excluding hydrogens is 364 g/mol. The van der Waals surface area contributed by atoms with E-state index in [-0.39, 0.29) is 0 Å². The zero-order valence-corrected chi connectivity index (χ0v) is 17.2. The SMILES string of the molecule is CN(C)CCCCN.O=CCCc1ccccc1Sc1ccc(Cl)cc1. The Hall–Kier alpha value is -1.33. The molecule has 0 unspecified atom stereocenters. The molecule has 2 aromatic rings. The molecule has 0 aliphatic carbocycles. The average Bonchev–Trinajstić information content (AvgIpc) is 2.63. The lowest BCUT2D eigenvalue weighted by atomic mass is 10.1. The van der Waals surface area contributed by atoms with Crippen LogP contribution in [0.3, 0.4) is 0 Å². The summed E-state index contributed by atoms with van der Waals surface area (Å²) in [6, 6.07) is 16.0. The maximum Gasteiger partial charge on any atom is 0.120 e. The van der Waals surface area contributed by atoms with Gasteiger partial charge >= 0.3 is 0 Å². The number of aryl methyl sites for hydroxylation is 1. The number of carbonyl (C=O) groups excluding carboxylic acids is 1. The molecule has 2 N–H and O–H groups in total. The third kappa shape index (κ3) is 9.97. The summed E-state index contributed by atoms with van der Waals surface area (Å²) in [6.45, 7) is 1.99. The zero-order valence-electron chi connectivity index (χ0n) is 15.7. The van der Waals surface area contributed by atoms with Crippen LogP contribution in [0.1, 0.15) is 24.8 Å². The Kier molecular flexibility index (Phi) is 12.1. The van der Waals surface area contributed by atoms with Crippen molar-refractivity contribution in [1.29, 1.82) is 0 Å². The van der Waals surface area contributed by atoms with E-state index in [2.05, 4.69) is 31.1 Å². The monoisotopic (exact) mass is 392 g/mol. The fourth-order valence-corrected chi connectivity index (χ4v) is 3.33. The summed E-state index contributed by atoms with van der Waals surface area (Å²) in [7, 11) is 4.16. The number of rotatable bonds is 9. The van der Waals surface area contributed by atoms with Gasteiger partial charge in [0, 0.05) is 21.2 Å². The van der Waals surface area contributed by atoms with Gasteiger partial charge < -0.3 is 15.4 Å². The highest BCUT2D eigenvalue weighted by atomic mass is 35.5. The summed E-state index contributed by atoms with van der Waals surface area (Å²) in [5.74, 6) is 0. The van der Waals surface area contributed by atoms with Crippen LogP contribution < -0.4 is 5.73 Å². The van der Waals surface area contributed by atoms with E-state index in [9.17, 15) is 4.79 Å². The summed E-state index contributed by atoms with van der Waals surface area (Å²) >= 11 is 7.57. The van der Waals surface area contributed by atoms with Crippen LogP contribution >= 0.6 is 23.4 Å². The van der Waals surface area contributed by atoms with Crippen molar-refractivity contribution >= 4 is 29.6 Å². The summed E-state index contributed by atoms with van der Waals surface area (Å²) < 4.78 is 0. The van der Waals surface area contributed by atoms with Crippen molar-refractivity contribution in [3.63, 3.8) is 0 Å². The molecule has 2 rings (SSSR count). The average molecular weight is 393 g/mol. The number of benzene rings is 2. The van der Waals surface area contributed by atoms with E-state index in [0.717, 1.165) is 42.1 Å². The van der Waals surface area contributed by atoms with Crippen molar-refractivity contribution in [2.75, 3.05) is 27.2 Å². The van der Waals surface area contributed by atoms with Crippen molar-refractivity contribution in [2.24, 2.45) is 5.73 Å². The quantitative estimate of drug-likeness (QED) is 0.486. The molecular formula is C21H29ClN2OS. The topological polar surface area (TPSA) is 46.3 Å². The third-order valence-electron chi connectivity index (χ3n) is 3.61. The van der Waals surface area contributed by atoms with Crippen LogP contribution in [0.15, 0.2) is 58.3 Å². The van der Waals surface area contributed by atoms with Gasteiger partial charge in [-0.2, -0.15) is 0 Å². The first-order chi connectivity index (χ1) is 12.6. The van der Waals surface area contributed by atoms with E-state index in [1.54, 1.807) is 11.8 Å². The molecule has 0 heterocycles. The van der Waals surface area contributed by atoms with Gasteiger partial charge in [-0.25, -0.2) is 0 Å². The van der Waals surface area contributed by atoms with Crippen molar-refractivity contribution in [2.45, 2.75) is 35.5 Å². The smallest absolute Gasteiger partial charge is 0.120 e. The molecule has 0 amide bonds. The molecule has 142 valence electrons.